The van der Waals surface area contributed by atoms with Gasteiger partial charge in [-0.2, -0.15) is 0 Å². The van der Waals surface area contributed by atoms with Crippen LogP contribution in [-0.2, 0) is 0 Å². The smallest absolute Gasteiger partial charge is 0.198 e. The lowest BCUT2D eigenvalue weighted by Gasteiger charge is -2.17. The summed E-state index contributed by atoms with van der Waals surface area (Å²) in [6.07, 6.45) is 0. The summed E-state index contributed by atoms with van der Waals surface area (Å²) in [7, 11) is 3.77. The number of H-pyrrole nitrogens is 1. The molecule has 0 spiro atoms. The van der Waals surface area contributed by atoms with Crippen LogP contribution in [0.5, 0.6) is 0 Å². The molecule has 1 aromatic carbocycles. The van der Waals surface area contributed by atoms with Crippen LogP contribution < -0.4 is 10.3 Å². The van der Waals surface area contributed by atoms with Gasteiger partial charge in [0.05, 0.1) is 21.6 Å². The van der Waals surface area contributed by atoms with Gasteiger partial charge in [-0.05, 0) is 40.2 Å². The Labute approximate surface area is 128 Å². The van der Waals surface area contributed by atoms with Gasteiger partial charge in [-0.1, -0.05) is 11.6 Å². The zero-order chi connectivity index (χ0) is 14.4. The average Bonchev–Trinajstić information content (AvgIpc) is 2.37. The molecule has 0 atom stereocenters. The summed E-state index contributed by atoms with van der Waals surface area (Å²) in [5.41, 5.74) is 1.98. The molecule has 0 radical (unpaired) electrons. The fraction of sp³-hybridized carbons (Fsp3) is 0.143. The molecule has 0 saturated carbocycles. The Bertz CT molecular complexity index is 889. The van der Waals surface area contributed by atoms with E-state index < -0.39 is 0 Å². The molecular formula is C14H11BrClN3O. The fourth-order valence-corrected chi connectivity index (χ4v) is 2.93. The molecule has 6 heteroatoms. The maximum absolute atomic E-state index is 12.5. The van der Waals surface area contributed by atoms with E-state index in [-0.39, 0.29) is 5.43 Å². The molecule has 3 rings (SSSR count). The molecule has 2 heterocycles. The molecule has 0 aliphatic rings. The lowest BCUT2D eigenvalue weighted by Crippen LogP contribution is -2.13. The number of nitrogens with one attached hydrogen (secondary N) is 1. The highest BCUT2D eigenvalue weighted by atomic mass is 79.9. The summed E-state index contributed by atoms with van der Waals surface area (Å²) in [6.45, 7) is 0. The Kier molecular flexibility index (Phi) is 3.18. The highest BCUT2D eigenvalue weighted by molar-refractivity contribution is 9.10. The van der Waals surface area contributed by atoms with Gasteiger partial charge in [-0.25, -0.2) is 4.98 Å². The molecule has 0 aliphatic heterocycles. The Hall–Kier alpha value is -1.59. The zero-order valence-corrected chi connectivity index (χ0v) is 13.2. The summed E-state index contributed by atoms with van der Waals surface area (Å²) >= 11 is 9.55. The van der Waals surface area contributed by atoms with Crippen molar-refractivity contribution in [3.63, 3.8) is 0 Å². The Balaban J connectivity index is 2.57. The van der Waals surface area contributed by atoms with Gasteiger partial charge in [0.2, 0.25) is 0 Å². The third kappa shape index (κ3) is 1.98. The van der Waals surface area contributed by atoms with Crippen molar-refractivity contribution in [2.75, 3.05) is 19.0 Å². The third-order valence-electron chi connectivity index (χ3n) is 3.17. The van der Waals surface area contributed by atoms with E-state index in [0.717, 1.165) is 5.69 Å². The van der Waals surface area contributed by atoms with Crippen molar-refractivity contribution in [1.29, 1.82) is 0 Å². The molecule has 0 amide bonds. The van der Waals surface area contributed by atoms with Gasteiger partial charge in [0.25, 0.3) is 0 Å². The number of hydrogen-bond donors (Lipinski definition) is 1. The van der Waals surface area contributed by atoms with E-state index in [4.69, 9.17) is 11.6 Å². The predicted octanol–water partition coefficient (Wildman–Crippen LogP) is 3.56. The normalized spacial score (nSPS) is 11.2. The summed E-state index contributed by atoms with van der Waals surface area (Å²) in [5, 5.41) is 1.76. The Morgan fingerprint density at radius 1 is 1.20 bits per heavy atom. The van der Waals surface area contributed by atoms with Gasteiger partial charge < -0.3 is 9.88 Å². The van der Waals surface area contributed by atoms with Crippen LogP contribution in [0, 0.1) is 0 Å². The summed E-state index contributed by atoms with van der Waals surface area (Å²) in [5.74, 6) is 0. The maximum Gasteiger partial charge on any atom is 0.198 e. The standard InChI is InChI=1S/C14H11BrClN3O/c1-19(2)12-9(16)5-3-7-11(12)18-14-8(13(7)20)4-6-10(15)17-14/h3-6H,1-2H3,(H,17,18,20). The van der Waals surface area contributed by atoms with Crippen molar-refractivity contribution in [1.82, 2.24) is 9.97 Å². The topological polar surface area (TPSA) is 49.0 Å². The van der Waals surface area contributed by atoms with Crippen molar-refractivity contribution in [2.24, 2.45) is 0 Å². The van der Waals surface area contributed by atoms with Crippen LogP contribution >= 0.6 is 27.5 Å². The molecule has 0 unspecified atom stereocenters. The number of aromatic nitrogens is 2. The van der Waals surface area contributed by atoms with E-state index in [1.54, 1.807) is 24.3 Å². The number of hydrogen-bond acceptors (Lipinski definition) is 3. The van der Waals surface area contributed by atoms with E-state index in [0.29, 0.717) is 31.6 Å². The van der Waals surface area contributed by atoms with Gasteiger partial charge in [-0.3, -0.25) is 4.79 Å². The first-order chi connectivity index (χ1) is 9.49. The Morgan fingerprint density at radius 3 is 2.60 bits per heavy atom. The second-order valence-electron chi connectivity index (χ2n) is 4.70. The molecule has 0 saturated heterocycles. The van der Waals surface area contributed by atoms with Crippen LogP contribution in [0.4, 0.5) is 5.69 Å². The second kappa shape index (κ2) is 4.75. The van der Waals surface area contributed by atoms with Crippen LogP contribution in [0.1, 0.15) is 0 Å². The minimum Gasteiger partial charge on any atom is -0.375 e. The van der Waals surface area contributed by atoms with Gasteiger partial charge in [0.1, 0.15) is 10.3 Å². The van der Waals surface area contributed by atoms with Gasteiger partial charge in [0, 0.05) is 19.5 Å². The molecular weight excluding hydrogens is 342 g/mol. The quantitative estimate of drug-likeness (QED) is 0.538. The maximum atomic E-state index is 12.5. The van der Waals surface area contributed by atoms with E-state index in [9.17, 15) is 4.79 Å². The second-order valence-corrected chi connectivity index (χ2v) is 5.92. The van der Waals surface area contributed by atoms with Crippen molar-refractivity contribution in [3.8, 4) is 0 Å². The number of fused-ring (bicyclic) bond motifs is 2. The van der Waals surface area contributed by atoms with E-state index in [1.165, 1.54) is 0 Å². The number of benzene rings is 1. The number of aromatic amines is 1. The van der Waals surface area contributed by atoms with Crippen molar-refractivity contribution >= 4 is 55.2 Å². The summed E-state index contributed by atoms with van der Waals surface area (Å²) in [6, 6.07) is 7.00. The van der Waals surface area contributed by atoms with Crippen LogP contribution in [0.25, 0.3) is 21.9 Å². The van der Waals surface area contributed by atoms with Crippen molar-refractivity contribution < 1.29 is 0 Å². The molecule has 102 valence electrons. The number of anilines is 1. The van der Waals surface area contributed by atoms with Crippen molar-refractivity contribution in [3.05, 3.63) is 44.1 Å². The minimum absolute atomic E-state index is 0.0477. The lowest BCUT2D eigenvalue weighted by molar-refractivity contribution is 1.13. The van der Waals surface area contributed by atoms with E-state index >= 15 is 0 Å². The molecule has 20 heavy (non-hydrogen) atoms. The van der Waals surface area contributed by atoms with Gasteiger partial charge in [-0.15, -0.1) is 0 Å². The van der Waals surface area contributed by atoms with Gasteiger partial charge >= 0.3 is 0 Å². The molecule has 0 bridgehead atoms. The molecule has 3 aromatic rings. The SMILES string of the molecule is CN(C)c1c(Cl)ccc2c(=O)c3ccc(Br)nc3[nH]c12. The highest BCUT2D eigenvalue weighted by Gasteiger charge is 2.13. The molecule has 1 N–H and O–H groups in total. The van der Waals surface area contributed by atoms with Crippen LogP contribution in [0.2, 0.25) is 5.02 Å². The Morgan fingerprint density at radius 2 is 1.90 bits per heavy atom. The highest BCUT2D eigenvalue weighted by Crippen LogP contribution is 2.31. The number of nitrogens with zero attached hydrogens (tertiary/aromatic N) is 2. The van der Waals surface area contributed by atoms with Gasteiger partial charge in [0.15, 0.2) is 5.43 Å². The van der Waals surface area contributed by atoms with Crippen LogP contribution in [0.3, 0.4) is 0 Å². The number of rotatable bonds is 1. The first-order valence-corrected chi connectivity index (χ1v) is 7.14. The minimum atomic E-state index is -0.0477. The first kappa shape index (κ1) is 13.4. The average molecular weight is 353 g/mol. The zero-order valence-electron chi connectivity index (χ0n) is 10.9. The monoisotopic (exact) mass is 351 g/mol. The summed E-state index contributed by atoms with van der Waals surface area (Å²) in [4.78, 5) is 22.0. The molecule has 0 fully saturated rings. The lowest BCUT2D eigenvalue weighted by atomic mass is 10.1. The summed E-state index contributed by atoms with van der Waals surface area (Å²) < 4.78 is 0.674. The predicted molar refractivity (Wildman–Crippen MR) is 86.9 cm³/mol. The first-order valence-electron chi connectivity index (χ1n) is 5.97. The molecule has 4 nitrogen and oxygen atoms in total. The third-order valence-corrected chi connectivity index (χ3v) is 3.92. The van der Waals surface area contributed by atoms with Crippen LogP contribution in [-0.4, -0.2) is 24.1 Å². The molecule has 2 aromatic heterocycles. The number of halogens is 2. The van der Waals surface area contributed by atoms with Crippen molar-refractivity contribution in [2.45, 2.75) is 0 Å². The largest absolute Gasteiger partial charge is 0.375 e. The molecule has 0 aliphatic carbocycles. The van der Waals surface area contributed by atoms with E-state index in [1.807, 2.05) is 19.0 Å². The van der Waals surface area contributed by atoms with Crippen LogP contribution in [0.15, 0.2) is 33.7 Å². The van der Waals surface area contributed by atoms with E-state index in [2.05, 4.69) is 25.9 Å². The fourth-order valence-electron chi connectivity index (χ4n) is 2.30. The number of pyridine rings is 2.